The first-order valence-corrected chi connectivity index (χ1v) is 16.3. The van der Waals surface area contributed by atoms with E-state index in [0.717, 1.165) is 12.8 Å². The largest absolute Gasteiger partial charge is 2.00 e. The van der Waals surface area contributed by atoms with E-state index in [4.69, 9.17) is 17.0 Å². The van der Waals surface area contributed by atoms with E-state index in [2.05, 4.69) is 65.8 Å². The van der Waals surface area contributed by atoms with Crippen molar-refractivity contribution in [1.82, 2.24) is 0 Å². The quantitative estimate of drug-likeness (QED) is 0.338. The van der Waals surface area contributed by atoms with Gasteiger partial charge >= 0.3 is 64.1 Å². The Bertz CT molecular complexity index is 736. The van der Waals surface area contributed by atoms with Crippen LogP contribution in [0.5, 0.6) is 0 Å². The van der Waals surface area contributed by atoms with E-state index in [0.29, 0.717) is 0 Å². The number of halogens is 4. The van der Waals surface area contributed by atoms with E-state index in [1.165, 1.54) is 35.1 Å². The van der Waals surface area contributed by atoms with Crippen molar-refractivity contribution >= 4 is 17.0 Å². The van der Waals surface area contributed by atoms with Crippen molar-refractivity contribution in [1.29, 1.82) is 0 Å². The Morgan fingerprint density at radius 3 is 1.00 bits per heavy atom. The SMILES string of the molecule is CC1=C(C)C(C)=C(C2=C(C)C(C)=C(C)C2)C1.[C-]1=CC=CC1.[C-]1=CC=CC1.[CH3-].[CH3-].[CH3-].[CH3-].[Cl-].[Cl-].[Cl][Zr+2][Cl].[Zr+2]. The molecule has 0 amide bonds. The van der Waals surface area contributed by atoms with Crippen molar-refractivity contribution in [2.75, 3.05) is 0 Å². The molecule has 4 aliphatic rings. The summed E-state index contributed by atoms with van der Waals surface area (Å²) in [6.07, 6.45) is 22.3. The van der Waals surface area contributed by atoms with Crippen molar-refractivity contribution < 1.29 is 71.9 Å². The molecule has 0 fully saturated rings. The van der Waals surface area contributed by atoms with Gasteiger partial charge in [-0.05, 0) is 87.8 Å². The number of allylic oxidation sites excluding steroid dienone is 16. The van der Waals surface area contributed by atoms with E-state index in [1.54, 1.807) is 22.3 Å². The van der Waals surface area contributed by atoms with Crippen LogP contribution in [-0.4, -0.2) is 0 Å². The zero-order valence-electron chi connectivity index (χ0n) is 23.8. The summed E-state index contributed by atoms with van der Waals surface area (Å²) in [6, 6.07) is 0. The molecular weight excluding hydrogens is 685 g/mol. The molecule has 36 heavy (non-hydrogen) atoms. The van der Waals surface area contributed by atoms with Crippen LogP contribution in [0.15, 0.2) is 81.0 Å². The minimum atomic E-state index is -0.826. The zero-order valence-corrected chi connectivity index (χ0v) is 31.7. The number of rotatable bonds is 1. The second-order valence-electron chi connectivity index (χ2n) is 7.45. The Hall–Kier alpha value is 0.846. The number of hydrogen-bond acceptors (Lipinski definition) is 0. The first-order valence-electron chi connectivity index (χ1n) is 9.98. The average molecular weight is 729 g/mol. The summed E-state index contributed by atoms with van der Waals surface area (Å²) in [5.74, 6) is 0. The Balaban J connectivity index is -0.0000000715. The third-order valence-corrected chi connectivity index (χ3v) is 5.73. The molecule has 0 atom stereocenters. The van der Waals surface area contributed by atoms with Crippen molar-refractivity contribution in [3.63, 3.8) is 0 Å². The summed E-state index contributed by atoms with van der Waals surface area (Å²) in [7, 11) is 9.87. The van der Waals surface area contributed by atoms with E-state index in [9.17, 15) is 0 Å². The minimum absolute atomic E-state index is 0. The predicted molar refractivity (Wildman–Crippen MR) is 152 cm³/mol. The standard InChI is InChI=1S/C16H22.2C5H5.4CH3.4ClH.2Zr/c1-9-7-15(13(5)11(9)3)16-8-10(2)12(4)14(16)6;2*1-2-4-5-3-1;;;;;;;;;;/h7-8H2,1-6H3;2*1-3H,4H2;4*1H3;4*1H;;/q;6*-1;;;;;+2;+4/p-4. The number of hydrogen-bond donors (Lipinski definition) is 0. The van der Waals surface area contributed by atoms with Gasteiger partial charge < -0.3 is 54.5 Å². The van der Waals surface area contributed by atoms with Crippen LogP contribution in [0.1, 0.15) is 67.2 Å². The van der Waals surface area contributed by atoms with Gasteiger partial charge in [0.15, 0.2) is 0 Å². The van der Waals surface area contributed by atoms with E-state index < -0.39 is 20.8 Å². The van der Waals surface area contributed by atoms with Crippen molar-refractivity contribution in [2.45, 2.75) is 67.2 Å². The van der Waals surface area contributed by atoms with Gasteiger partial charge in [-0.1, -0.05) is 11.1 Å². The molecule has 0 spiro atoms. The molecule has 204 valence electrons. The molecule has 0 aromatic rings. The van der Waals surface area contributed by atoms with Crippen molar-refractivity contribution in [2.24, 2.45) is 0 Å². The first-order chi connectivity index (χ1) is 13.8. The fraction of sp³-hybridized carbons (Fsp3) is 0.333. The molecule has 0 aromatic carbocycles. The van der Waals surface area contributed by atoms with E-state index >= 15 is 0 Å². The third-order valence-electron chi connectivity index (χ3n) is 5.73. The second kappa shape index (κ2) is 30.4. The van der Waals surface area contributed by atoms with Crippen molar-refractivity contribution in [3.8, 4) is 0 Å². The average Bonchev–Trinajstić information content (AvgIpc) is 3.50. The fourth-order valence-electron chi connectivity index (χ4n) is 3.50. The normalized spacial score (nSPS) is 15.0. The molecule has 0 saturated carbocycles. The van der Waals surface area contributed by atoms with Crippen LogP contribution in [0, 0.1) is 41.9 Å². The molecule has 0 aromatic heterocycles. The van der Waals surface area contributed by atoms with E-state index in [1.807, 2.05) is 24.3 Å². The molecule has 4 aliphatic carbocycles. The van der Waals surface area contributed by atoms with Gasteiger partial charge in [0, 0.05) is 0 Å². The monoisotopic (exact) mass is 724 g/mol. The topological polar surface area (TPSA) is 0 Å². The molecule has 0 unspecified atom stereocenters. The summed E-state index contributed by atoms with van der Waals surface area (Å²) < 4.78 is 0. The molecule has 0 radical (unpaired) electrons. The van der Waals surface area contributed by atoms with Crippen LogP contribution in [0.2, 0.25) is 0 Å². The van der Waals surface area contributed by atoms with E-state index in [-0.39, 0.29) is 80.7 Å². The molecule has 0 saturated heterocycles. The van der Waals surface area contributed by atoms with Gasteiger partial charge in [0.25, 0.3) is 0 Å². The van der Waals surface area contributed by atoms with Crippen LogP contribution in [-0.2, 0) is 47.1 Å². The third kappa shape index (κ3) is 18.2. The molecule has 0 N–H and O–H groups in total. The summed E-state index contributed by atoms with van der Waals surface area (Å²) >= 11 is -0.826. The van der Waals surface area contributed by atoms with Crippen molar-refractivity contribution in [3.05, 3.63) is 123 Å². The molecule has 0 heterocycles. The van der Waals surface area contributed by atoms with Crippen LogP contribution < -0.4 is 24.8 Å². The van der Waals surface area contributed by atoms with Gasteiger partial charge in [-0.25, -0.2) is 24.3 Å². The smallest absolute Gasteiger partial charge is 2.00 e. The molecular formula is C30H44Cl4Zr2-4. The second-order valence-corrected chi connectivity index (χ2v) is 11.2. The maximum absolute atomic E-state index is 4.93. The van der Waals surface area contributed by atoms with Gasteiger partial charge in [-0.15, -0.1) is 12.8 Å². The Labute approximate surface area is 276 Å². The van der Waals surface area contributed by atoms with Crippen LogP contribution >= 0.6 is 17.0 Å². The van der Waals surface area contributed by atoms with Crippen LogP contribution in [0.25, 0.3) is 0 Å². The summed E-state index contributed by atoms with van der Waals surface area (Å²) in [5.41, 5.74) is 12.4. The molecule has 0 bridgehead atoms. The van der Waals surface area contributed by atoms with Gasteiger partial charge in [-0.2, -0.15) is 12.2 Å². The molecule has 0 aliphatic heterocycles. The Morgan fingerprint density at radius 2 is 0.889 bits per heavy atom. The summed E-state index contributed by atoms with van der Waals surface area (Å²) in [4.78, 5) is 0. The van der Waals surface area contributed by atoms with Gasteiger partial charge in [-0.3, -0.25) is 12.2 Å². The summed E-state index contributed by atoms with van der Waals surface area (Å²) in [6.45, 7) is 13.6. The van der Waals surface area contributed by atoms with Gasteiger partial charge in [0.05, 0.1) is 0 Å². The maximum atomic E-state index is 4.93. The molecule has 0 nitrogen and oxygen atoms in total. The van der Waals surface area contributed by atoms with Crippen LogP contribution in [0.4, 0.5) is 0 Å². The minimum Gasteiger partial charge on any atom is 2.00 e. The van der Waals surface area contributed by atoms with Crippen LogP contribution in [0.3, 0.4) is 0 Å². The van der Waals surface area contributed by atoms with Gasteiger partial charge in [0.2, 0.25) is 0 Å². The molecule has 4 rings (SSSR count). The van der Waals surface area contributed by atoms with Gasteiger partial charge in [0.1, 0.15) is 0 Å². The fourth-order valence-corrected chi connectivity index (χ4v) is 3.50. The Morgan fingerprint density at radius 1 is 0.611 bits per heavy atom. The molecule has 6 heteroatoms. The Kier molecular flexibility index (Phi) is 44.9. The summed E-state index contributed by atoms with van der Waals surface area (Å²) in [5, 5.41) is 0. The predicted octanol–water partition coefficient (Wildman–Crippen LogP) is 4.89. The first kappa shape index (κ1) is 53.1. The maximum Gasteiger partial charge on any atom is 2.00 e. The zero-order chi connectivity index (χ0) is 21.8.